The van der Waals surface area contributed by atoms with Crippen LogP contribution in [-0.4, -0.2) is 15.5 Å². The maximum Gasteiger partial charge on any atom is 0.224 e. The van der Waals surface area contributed by atoms with Crippen molar-refractivity contribution in [1.82, 2.24) is 14.9 Å². The van der Waals surface area contributed by atoms with E-state index in [1.807, 2.05) is 11.6 Å². The number of nitrogens with zero attached hydrogens (tertiary/aromatic N) is 2. The van der Waals surface area contributed by atoms with Gasteiger partial charge < -0.3 is 9.88 Å². The van der Waals surface area contributed by atoms with Gasteiger partial charge >= 0.3 is 0 Å². The first kappa shape index (κ1) is 17.4. The number of hydrogen-bond donors (Lipinski definition) is 1. The van der Waals surface area contributed by atoms with Gasteiger partial charge in [0.1, 0.15) is 23.5 Å². The van der Waals surface area contributed by atoms with Crippen LogP contribution in [0.4, 0.5) is 8.78 Å². The number of carbonyl (C=O) groups excluding carboxylic acids is 1. The number of carbonyl (C=O) groups is 1. The molecule has 0 unspecified atom stereocenters. The Labute approximate surface area is 155 Å². The van der Waals surface area contributed by atoms with Crippen LogP contribution in [0, 0.1) is 17.6 Å². The standard InChI is InChI=1S/C21H19F2N3O/c1-26-11-10-24-20(26)19(14-4-8-16(23)9-5-14)25-21(27)18-12-17(18)13-2-6-15(22)7-3-13/h2-11,17-19H,12H2,1H3,(H,25,27)/t17-,18-,19+/m1/s1. The summed E-state index contributed by atoms with van der Waals surface area (Å²) >= 11 is 0. The molecule has 3 atom stereocenters. The fourth-order valence-corrected chi connectivity index (χ4v) is 3.42. The first-order chi connectivity index (χ1) is 13.0. The van der Waals surface area contributed by atoms with Crippen LogP contribution >= 0.6 is 0 Å². The number of aryl methyl sites for hydroxylation is 1. The highest BCUT2D eigenvalue weighted by Gasteiger charge is 2.44. The second kappa shape index (κ2) is 6.95. The van der Waals surface area contributed by atoms with Crippen molar-refractivity contribution in [3.05, 3.63) is 89.5 Å². The molecule has 0 saturated heterocycles. The average Bonchev–Trinajstić information content (AvgIpc) is 3.35. The first-order valence-corrected chi connectivity index (χ1v) is 8.81. The normalized spacial score (nSPS) is 19.5. The van der Waals surface area contributed by atoms with Crippen molar-refractivity contribution in [1.29, 1.82) is 0 Å². The number of nitrogens with one attached hydrogen (secondary N) is 1. The van der Waals surface area contributed by atoms with Crippen molar-refractivity contribution < 1.29 is 13.6 Å². The number of imidazole rings is 1. The molecule has 3 aromatic rings. The summed E-state index contributed by atoms with van der Waals surface area (Å²) in [7, 11) is 1.85. The highest BCUT2D eigenvalue weighted by molar-refractivity contribution is 5.83. The van der Waals surface area contributed by atoms with Gasteiger partial charge in [0.15, 0.2) is 0 Å². The molecule has 0 bridgehead atoms. The number of aromatic nitrogens is 2. The minimum absolute atomic E-state index is 0.0818. The lowest BCUT2D eigenvalue weighted by Crippen LogP contribution is -2.32. The molecule has 4 nitrogen and oxygen atoms in total. The van der Waals surface area contributed by atoms with E-state index in [1.54, 1.807) is 36.7 Å². The molecule has 0 spiro atoms. The van der Waals surface area contributed by atoms with Crippen LogP contribution in [-0.2, 0) is 11.8 Å². The third-order valence-corrected chi connectivity index (χ3v) is 5.03. The molecule has 27 heavy (non-hydrogen) atoms. The van der Waals surface area contributed by atoms with Gasteiger partial charge in [-0.15, -0.1) is 0 Å². The number of benzene rings is 2. The van der Waals surface area contributed by atoms with Crippen molar-refractivity contribution in [3.8, 4) is 0 Å². The summed E-state index contributed by atoms with van der Waals surface area (Å²) < 4.78 is 28.2. The van der Waals surface area contributed by atoms with Gasteiger partial charge in [0, 0.05) is 25.4 Å². The van der Waals surface area contributed by atoms with Crippen LogP contribution in [0.2, 0.25) is 0 Å². The largest absolute Gasteiger partial charge is 0.342 e. The van der Waals surface area contributed by atoms with E-state index >= 15 is 0 Å². The molecular formula is C21H19F2N3O. The molecule has 1 fully saturated rings. The molecule has 1 aromatic heterocycles. The molecule has 1 aliphatic carbocycles. The zero-order valence-electron chi connectivity index (χ0n) is 14.8. The highest BCUT2D eigenvalue weighted by Crippen LogP contribution is 2.47. The summed E-state index contributed by atoms with van der Waals surface area (Å²) in [6.07, 6.45) is 4.20. The smallest absolute Gasteiger partial charge is 0.224 e. The van der Waals surface area contributed by atoms with Crippen LogP contribution in [0.25, 0.3) is 0 Å². The Kier molecular flexibility index (Phi) is 4.48. The molecule has 6 heteroatoms. The minimum Gasteiger partial charge on any atom is -0.342 e. The molecule has 1 aliphatic rings. The molecular weight excluding hydrogens is 348 g/mol. The topological polar surface area (TPSA) is 46.9 Å². The fourth-order valence-electron chi connectivity index (χ4n) is 3.42. The Hall–Kier alpha value is -3.02. The molecule has 1 amide bonds. The van der Waals surface area contributed by atoms with Gasteiger partial charge in [-0.05, 0) is 47.7 Å². The van der Waals surface area contributed by atoms with E-state index in [0.717, 1.165) is 17.5 Å². The van der Waals surface area contributed by atoms with Gasteiger partial charge in [-0.2, -0.15) is 0 Å². The molecule has 2 aromatic carbocycles. The molecule has 1 saturated carbocycles. The van der Waals surface area contributed by atoms with Crippen LogP contribution in [0.15, 0.2) is 60.9 Å². The monoisotopic (exact) mass is 367 g/mol. The summed E-state index contributed by atoms with van der Waals surface area (Å²) in [5.74, 6) is -0.0797. The van der Waals surface area contributed by atoms with Gasteiger partial charge in [-0.25, -0.2) is 13.8 Å². The Morgan fingerprint density at radius 1 is 1.11 bits per heavy atom. The summed E-state index contributed by atoms with van der Waals surface area (Å²) in [5.41, 5.74) is 1.73. The molecule has 0 radical (unpaired) electrons. The molecule has 1 heterocycles. The lowest BCUT2D eigenvalue weighted by atomic mass is 10.0. The van der Waals surface area contributed by atoms with Crippen molar-refractivity contribution in [3.63, 3.8) is 0 Å². The quantitative estimate of drug-likeness (QED) is 0.747. The molecule has 0 aliphatic heterocycles. The summed E-state index contributed by atoms with van der Waals surface area (Å²) in [6.45, 7) is 0. The Morgan fingerprint density at radius 2 is 1.74 bits per heavy atom. The lowest BCUT2D eigenvalue weighted by Gasteiger charge is -2.19. The van der Waals surface area contributed by atoms with Gasteiger partial charge in [-0.3, -0.25) is 4.79 Å². The predicted molar refractivity (Wildman–Crippen MR) is 96.8 cm³/mol. The van der Waals surface area contributed by atoms with E-state index in [0.29, 0.717) is 5.82 Å². The van der Waals surface area contributed by atoms with Gasteiger partial charge in [0.25, 0.3) is 0 Å². The molecule has 138 valence electrons. The first-order valence-electron chi connectivity index (χ1n) is 8.81. The third-order valence-electron chi connectivity index (χ3n) is 5.03. The van der Waals surface area contributed by atoms with Gasteiger partial charge in [0.2, 0.25) is 5.91 Å². The van der Waals surface area contributed by atoms with Crippen molar-refractivity contribution >= 4 is 5.91 Å². The van der Waals surface area contributed by atoms with Gasteiger partial charge in [0.05, 0.1) is 0 Å². The van der Waals surface area contributed by atoms with Crippen molar-refractivity contribution in [2.24, 2.45) is 13.0 Å². The van der Waals surface area contributed by atoms with Crippen molar-refractivity contribution in [2.75, 3.05) is 0 Å². The van der Waals surface area contributed by atoms with Crippen LogP contribution < -0.4 is 5.32 Å². The zero-order valence-corrected chi connectivity index (χ0v) is 14.8. The van der Waals surface area contributed by atoms with E-state index in [4.69, 9.17) is 0 Å². The van der Waals surface area contributed by atoms with Crippen LogP contribution in [0.5, 0.6) is 0 Å². The van der Waals surface area contributed by atoms with E-state index in [9.17, 15) is 13.6 Å². The van der Waals surface area contributed by atoms with E-state index < -0.39 is 6.04 Å². The number of hydrogen-bond acceptors (Lipinski definition) is 2. The lowest BCUT2D eigenvalue weighted by molar-refractivity contribution is -0.123. The Bertz CT molecular complexity index is 950. The number of halogens is 2. The second-order valence-corrected chi connectivity index (χ2v) is 6.89. The summed E-state index contributed by atoms with van der Waals surface area (Å²) in [4.78, 5) is 17.2. The predicted octanol–water partition coefficient (Wildman–Crippen LogP) is 3.71. The number of rotatable bonds is 5. The average molecular weight is 367 g/mol. The molecule has 4 rings (SSSR count). The number of amides is 1. The van der Waals surface area contributed by atoms with E-state index in [2.05, 4.69) is 10.3 Å². The Balaban J connectivity index is 1.53. The fraction of sp³-hybridized carbons (Fsp3) is 0.238. The van der Waals surface area contributed by atoms with E-state index in [-0.39, 0.29) is 29.4 Å². The second-order valence-electron chi connectivity index (χ2n) is 6.89. The highest BCUT2D eigenvalue weighted by atomic mass is 19.1. The van der Waals surface area contributed by atoms with Crippen LogP contribution in [0.1, 0.15) is 35.3 Å². The summed E-state index contributed by atoms with van der Waals surface area (Å²) in [6, 6.07) is 11.9. The minimum atomic E-state index is -0.465. The molecule has 1 N–H and O–H groups in total. The van der Waals surface area contributed by atoms with Crippen LogP contribution in [0.3, 0.4) is 0 Å². The van der Waals surface area contributed by atoms with Gasteiger partial charge in [-0.1, -0.05) is 24.3 Å². The third kappa shape index (κ3) is 3.60. The Morgan fingerprint density at radius 3 is 2.33 bits per heavy atom. The maximum absolute atomic E-state index is 13.3. The SMILES string of the molecule is Cn1ccnc1[C@@H](NC(=O)[C@@H]1C[C@@H]1c1ccc(F)cc1)c1ccc(F)cc1. The maximum atomic E-state index is 13.3. The summed E-state index contributed by atoms with van der Waals surface area (Å²) in [5, 5.41) is 3.05. The van der Waals surface area contributed by atoms with Crippen molar-refractivity contribution in [2.45, 2.75) is 18.4 Å². The zero-order chi connectivity index (χ0) is 19.0. The van der Waals surface area contributed by atoms with E-state index in [1.165, 1.54) is 24.3 Å².